The van der Waals surface area contributed by atoms with Gasteiger partial charge in [0.25, 0.3) is 5.91 Å². The van der Waals surface area contributed by atoms with Gasteiger partial charge in [0, 0.05) is 11.9 Å². The number of carboxylic acid groups (broad SMARTS) is 1. The van der Waals surface area contributed by atoms with E-state index in [1.807, 2.05) is 0 Å². The second kappa shape index (κ2) is 8.16. The predicted molar refractivity (Wildman–Crippen MR) is 109 cm³/mol. The number of benzene rings is 1. The lowest BCUT2D eigenvalue weighted by atomic mass is 10.0. The summed E-state index contributed by atoms with van der Waals surface area (Å²) in [5.74, 6) is -2.06. The van der Waals surface area contributed by atoms with E-state index in [1.54, 1.807) is 6.07 Å². The van der Waals surface area contributed by atoms with Crippen LogP contribution in [0.25, 0.3) is 0 Å². The van der Waals surface area contributed by atoms with Crippen LogP contribution in [-0.2, 0) is 29.1 Å². The van der Waals surface area contributed by atoms with Crippen molar-refractivity contribution in [2.24, 2.45) is 5.73 Å². The fraction of sp³-hybridized carbons (Fsp3) is 0.353. The van der Waals surface area contributed by atoms with E-state index in [1.165, 1.54) is 36.4 Å². The lowest BCUT2D eigenvalue weighted by Gasteiger charge is -2.48. The highest BCUT2D eigenvalue weighted by Crippen LogP contribution is 2.40. The highest BCUT2D eigenvalue weighted by molar-refractivity contribution is 8.01. The fourth-order valence-electron chi connectivity index (χ4n) is 3.06. The summed E-state index contributed by atoms with van der Waals surface area (Å²) in [6.45, 7) is 0. The van der Waals surface area contributed by atoms with Gasteiger partial charge in [-0.1, -0.05) is 12.1 Å². The number of ether oxygens (including phenoxy) is 1. The van der Waals surface area contributed by atoms with Crippen molar-refractivity contribution >= 4 is 45.3 Å². The van der Waals surface area contributed by atoms with Gasteiger partial charge in [0.2, 0.25) is 15.9 Å². The van der Waals surface area contributed by atoms with Crippen LogP contribution >= 0.6 is 11.8 Å². The largest absolute Gasteiger partial charge is 0.498 e. The molecule has 1 fully saturated rings. The maximum absolute atomic E-state index is 12.6. The number of thioether (sulfide) groups is 1. The third kappa shape index (κ3) is 4.37. The number of carboxylic acids is 1. The Balaban J connectivity index is 1.71. The first kappa shape index (κ1) is 21.9. The lowest BCUT2D eigenvalue weighted by molar-refractivity contribution is -0.146. The number of β-lactam (4-membered cyclic amide) rings is 1. The molecule has 2 aliphatic heterocycles. The number of amides is 2. The second-order valence-corrected chi connectivity index (χ2v) is 9.66. The second-order valence-electron chi connectivity index (χ2n) is 6.69. The quantitative estimate of drug-likeness (QED) is 0.391. The van der Waals surface area contributed by atoms with Crippen LogP contribution in [0.4, 0.5) is 5.69 Å². The Hall–Kier alpha value is -2.77. The topological polar surface area (TPSA) is 168 Å². The molecule has 2 amide bonds. The molecule has 1 aromatic rings. The molecule has 2 unspecified atom stereocenters. The predicted octanol–water partition coefficient (Wildman–Crippen LogP) is -0.601. The molecular formula is C17H20N4O7S2. The molecule has 2 aliphatic rings. The zero-order valence-electron chi connectivity index (χ0n) is 15.9. The summed E-state index contributed by atoms with van der Waals surface area (Å²) in [5, 5.41) is 10.3. The molecule has 162 valence electrons. The van der Waals surface area contributed by atoms with E-state index in [0.717, 1.165) is 18.0 Å². The van der Waals surface area contributed by atoms with Gasteiger partial charge in [0.1, 0.15) is 23.2 Å². The maximum atomic E-state index is 12.6. The van der Waals surface area contributed by atoms with Crippen molar-refractivity contribution in [2.45, 2.75) is 22.7 Å². The summed E-state index contributed by atoms with van der Waals surface area (Å²) in [4.78, 5) is 37.7. The first-order valence-corrected chi connectivity index (χ1v) is 11.4. The minimum absolute atomic E-state index is 0.133. The standard InChI is InChI=1S/C17H20N4O7S2/c1-28-10-7-21-15(23)12(16(21)29-13(10)17(24)25)19-14(22)11(18)8-4-3-5-9(6-8)20-30(2,26)27/h3-7,11-13,16,20H,18H2,1-2H3,(H,19,22)(H,24,25)/t11?,12-,13?,16-/m1/s1. The van der Waals surface area contributed by atoms with Crippen LogP contribution in [-0.4, -0.2) is 66.2 Å². The zero-order valence-corrected chi connectivity index (χ0v) is 17.6. The maximum Gasteiger partial charge on any atom is 0.324 e. The smallest absolute Gasteiger partial charge is 0.324 e. The molecular weight excluding hydrogens is 436 g/mol. The number of nitrogens with zero attached hydrogens (tertiary/aromatic N) is 1. The average molecular weight is 457 g/mol. The van der Waals surface area contributed by atoms with Crippen LogP contribution < -0.4 is 15.8 Å². The molecule has 3 rings (SSSR count). The van der Waals surface area contributed by atoms with Crippen molar-refractivity contribution in [3.05, 3.63) is 41.8 Å². The van der Waals surface area contributed by atoms with Crippen LogP contribution in [0, 0.1) is 0 Å². The number of methoxy groups -OCH3 is 1. The van der Waals surface area contributed by atoms with Crippen molar-refractivity contribution in [3.8, 4) is 0 Å². The van der Waals surface area contributed by atoms with Crippen molar-refractivity contribution in [3.63, 3.8) is 0 Å². The fourth-order valence-corrected chi connectivity index (χ4v) is 4.93. The third-order valence-corrected chi connectivity index (χ3v) is 6.56. The highest BCUT2D eigenvalue weighted by Gasteiger charge is 2.53. The number of nitrogens with two attached hydrogens (primary N) is 1. The van der Waals surface area contributed by atoms with Crippen LogP contribution in [0.1, 0.15) is 11.6 Å². The van der Waals surface area contributed by atoms with Gasteiger partial charge < -0.3 is 20.9 Å². The van der Waals surface area contributed by atoms with E-state index >= 15 is 0 Å². The molecule has 0 radical (unpaired) electrons. The van der Waals surface area contributed by atoms with Crippen molar-refractivity contribution in [2.75, 3.05) is 18.1 Å². The molecule has 4 atom stereocenters. The lowest BCUT2D eigenvalue weighted by Crippen LogP contribution is -2.69. The molecule has 0 aromatic heterocycles. The van der Waals surface area contributed by atoms with Crippen molar-refractivity contribution in [1.29, 1.82) is 0 Å². The SMILES string of the molecule is COC1=CN2C(=O)[C@@H](NC(=O)C(N)c3cccc(NS(C)(=O)=O)c3)[C@H]2SC1C(=O)O. The van der Waals surface area contributed by atoms with E-state index in [0.29, 0.717) is 5.56 Å². The van der Waals surface area contributed by atoms with E-state index in [4.69, 9.17) is 10.5 Å². The summed E-state index contributed by atoms with van der Waals surface area (Å²) in [6.07, 6.45) is 2.32. The van der Waals surface area contributed by atoms with Crippen LogP contribution in [0.2, 0.25) is 0 Å². The molecule has 0 bridgehead atoms. The Bertz CT molecular complexity index is 1030. The molecule has 30 heavy (non-hydrogen) atoms. The van der Waals surface area contributed by atoms with Gasteiger partial charge in [0.05, 0.1) is 13.4 Å². The van der Waals surface area contributed by atoms with Crippen molar-refractivity contribution < 1.29 is 32.6 Å². The summed E-state index contributed by atoms with van der Waals surface area (Å²) >= 11 is 0.972. The van der Waals surface area contributed by atoms with Gasteiger partial charge in [0.15, 0.2) is 5.25 Å². The van der Waals surface area contributed by atoms with Crippen LogP contribution in [0.15, 0.2) is 36.2 Å². The van der Waals surface area contributed by atoms with Gasteiger partial charge in [-0.2, -0.15) is 0 Å². The van der Waals surface area contributed by atoms with Gasteiger partial charge in [-0.05, 0) is 17.7 Å². The molecule has 0 aliphatic carbocycles. The van der Waals surface area contributed by atoms with Crippen molar-refractivity contribution in [1.82, 2.24) is 10.2 Å². The number of hydrogen-bond acceptors (Lipinski definition) is 8. The number of fused-ring (bicyclic) bond motifs is 1. The van der Waals surface area contributed by atoms with E-state index in [9.17, 15) is 27.9 Å². The minimum atomic E-state index is -3.50. The van der Waals surface area contributed by atoms with Crippen LogP contribution in [0.5, 0.6) is 0 Å². The summed E-state index contributed by atoms with van der Waals surface area (Å²) < 4.78 is 30.1. The minimum Gasteiger partial charge on any atom is -0.498 e. The molecule has 13 heteroatoms. The normalized spacial score (nSPS) is 24.1. The molecule has 11 nitrogen and oxygen atoms in total. The zero-order chi connectivity index (χ0) is 22.2. The number of carbonyl (C=O) groups excluding carboxylic acids is 2. The number of anilines is 1. The molecule has 5 N–H and O–H groups in total. The monoisotopic (exact) mass is 456 g/mol. The number of nitrogens with one attached hydrogen (secondary N) is 2. The van der Waals surface area contributed by atoms with Gasteiger partial charge in [-0.25, -0.2) is 8.42 Å². The summed E-state index contributed by atoms with van der Waals surface area (Å²) in [6, 6.07) is 3.91. The Morgan fingerprint density at radius 1 is 1.37 bits per heavy atom. The van der Waals surface area contributed by atoms with Gasteiger partial charge >= 0.3 is 5.97 Å². The Kier molecular flexibility index (Phi) is 5.97. The number of sulfonamides is 1. The number of rotatable bonds is 7. The Morgan fingerprint density at radius 2 is 2.07 bits per heavy atom. The van der Waals surface area contributed by atoms with Gasteiger partial charge in [-0.15, -0.1) is 11.8 Å². The van der Waals surface area contributed by atoms with Gasteiger partial charge in [-0.3, -0.25) is 24.0 Å². The Morgan fingerprint density at radius 3 is 2.67 bits per heavy atom. The van der Waals surface area contributed by atoms with Crippen LogP contribution in [0.3, 0.4) is 0 Å². The summed E-state index contributed by atoms with van der Waals surface area (Å²) in [5.41, 5.74) is 6.57. The van der Waals surface area contributed by atoms with E-state index < -0.39 is 50.5 Å². The van der Waals surface area contributed by atoms with E-state index in [-0.39, 0.29) is 11.4 Å². The van der Waals surface area contributed by atoms with E-state index in [2.05, 4.69) is 10.0 Å². The first-order chi connectivity index (χ1) is 14.0. The summed E-state index contributed by atoms with van der Waals surface area (Å²) in [7, 11) is -2.18. The molecule has 0 spiro atoms. The number of hydrogen-bond donors (Lipinski definition) is 4. The number of carbonyl (C=O) groups is 3. The molecule has 0 saturated carbocycles. The average Bonchev–Trinajstić information content (AvgIpc) is 2.68. The molecule has 1 saturated heterocycles. The molecule has 2 heterocycles. The third-order valence-electron chi connectivity index (χ3n) is 4.47. The molecule has 1 aromatic carbocycles. The Labute approximate surface area is 176 Å². The first-order valence-electron chi connectivity index (χ1n) is 8.61. The number of aliphatic carboxylic acids is 1. The highest BCUT2D eigenvalue weighted by atomic mass is 32.2.